The lowest BCUT2D eigenvalue weighted by Gasteiger charge is -2.40. The first kappa shape index (κ1) is 47.7. The van der Waals surface area contributed by atoms with Crippen LogP contribution in [0.3, 0.4) is 0 Å². The summed E-state index contributed by atoms with van der Waals surface area (Å²) in [5.74, 6) is 0.691. The molecule has 13 rings (SSSR count). The highest BCUT2D eigenvalue weighted by Gasteiger charge is 2.47. The van der Waals surface area contributed by atoms with E-state index < -0.39 is 5.41 Å². The summed E-state index contributed by atoms with van der Waals surface area (Å²) in [6.45, 7) is 16.8. The molecule has 0 amide bonds. The van der Waals surface area contributed by atoms with Crippen molar-refractivity contribution in [1.82, 2.24) is 0 Å². The van der Waals surface area contributed by atoms with Gasteiger partial charge in [0.25, 0.3) is 0 Å². The number of hydrogen-bond donors (Lipinski definition) is 0. The van der Waals surface area contributed by atoms with E-state index in [9.17, 15) is 0 Å². The Morgan fingerprint density at radius 1 is 0.447 bits per heavy atom. The third-order valence-electron chi connectivity index (χ3n) is 16.8. The largest absolute Gasteiger partial charge is 0.309 e. The highest BCUT2D eigenvalue weighted by molar-refractivity contribution is 7.25. The lowest BCUT2D eigenvalue weighted by molar-refractivity contribution is 0.245. The van der Waals surface area contributed by atoms with Gasteiger partial charge in [0.1, 0.15) is 0 Å². The summed E-state index contributed by atoms with van der Waals surface area (Å²) >= 11 is 1.87. The molecule has 0 fully saturated rings. The van der Waals surface area contributed by atoms with Crippen LogP contribution in [-0.4, -0.2) is 0 Å². The van der Waals surface area contributed by atoms with Crippen LogP contribution in [0, 0.1) is 22.7 Å². The van der Waals surface area contributed by atoms with Crippen LogP contribution in [0.15, 0.2) is 248 Å². The van der Waals surface area contributed by atoms with E-state index in [0.29, 0.717) is 11.8 Å². The van der Waals surface area contributed by atoms with E-state index in [-0.39, 0.29) is 10.8 Å². The average Bonchev–Trinajstić information content (AvgIpc) is 4.03. The summed E-state index contributed by atoms with van der Waals surface area (Å²) in [4.78, 5) is 2.57. The maximum atomic E-state index is 2.59. The number of fused-ring (bicyclic) bond motifs is 7. The summed E-state index contributed by atoms with van der Waals surface area (Å²) < 4.78 is 2.63. The maximum absolute atomic E-state index is 2.59. The Kier molecular flexibility index (Phi) is 11.5. The average molecular weight is 998 g/mol. The van der Waals surface area contributed by atoms with Crippen molar-refractivity contribution in [2.24, 2.45) is 22.7 Å². The molecule has 1 aromatic heterocycles. The Bertz CT molecular complexity index is 4040. The predicted molar refractivity (Wildman–Crippen MR) is 327 cm³/mol. The zero-order valence-corrected chi connectivity index (χ0v) is 45.4. The smallest absolute Gasteiger partial charge is 0.0714 e. The Morgan fingerprint density at radius 3 is 1.71 bits per heavy atom. The summed E-state index contributed by atoms with van der Waals surface area (Å²) in [6.07, 6.45) is 5.12. The first-order valence-electron chi connectivity index (χ1n) is 27.1. The number of rotatable bonds is 8. The van der Waals surface area contributed by atoms with E-state index >= 15 is 0 Å². The van der Waals surface area contributed by atoms with Gasteiger partial charge in [-0.1, -0.05) is 255 Å². The van der Waals surface area contributed by atoms with Crippen LogP contribution in [0.4, 0.5) is 17.1 Å². The van der Waals surface area contributed by atoms with Crippen molar-refractivity contribution in [3.05, 3.63) is 276 Å². The molecule has 76 heavy (non-hydrogen) atoms. The topological polar surface area (TPSA) is 3.24 Å². The molecule has 0 radical (unpaired) electrons. The van der Waals surface area contributed by atoms with Crippen LogP contribution in [-0.2, 0) is 5.41 Å². The first-order chi connectivity index (χ1) is 36.9. The molecule has 11 aromatic rings. The van der Waals surface area contributed by atoms with Gasteiger partial charge < -0.3 is 4.90 Å². The van der Waals surface area contributed by atoms with Crippen LogP contribution in [0.5, 0.6) is 0 Å². The summed E-state index contributed by atoms with van der Waals surface area (Å²) in [5, 5.41) is 5.17. The maximum Gasteiger partial charge on any atom is 0.0714 e. The number of anilines is 3. The number of benzene rings is 10. The molecule has 0 aliphatic heterocycles. The third-order valence-corrected chi connectivity index (χ3v) is 17.9. The van der Waals surface area contributed by atoms with E-state index in [2.05, 4.69) is 296 Å². The highest BCUT2D eigenvalue weighted by atomic mass is 32.1. The summed E-state index contributed by atoms with van der Waals surface area (Å²) in [7, 11) is 0. The third kappa shape index (κ3) is 7.63. The summed E-state index contributed by atoms with van der Waals surface area (Å²) in [6, 6.07) is 86.6. The number of para-hydroxylation sites is 1. The Morgan fingerprint density at radius 2 is 1.00 bits per heavy atom. The van der Waals surface area contributed by atoms with Crippen molar-refractivity contribution in [3.8, 4) is 33.4 Å². The second kappa shape index (κ2) is 18.4. The highest BCUT2D eigenvalue weighted by Crippen LogP contribution is 2.60. The molecule has 0 spiro atoms. The molecule has 2 unspecified atom stereocenters. The second-order valence-electron chi connectivity index (χ2n) is 23.3. The fraction of sp³-hybridized carbons (Fsp3) is 0.162. The minimum atomic E-state index is -0.554. The molecular formula is C74H63NS. The van der Waals surface area contributed by atoms with Crippen molar-refractivity contribution in [2.75, 3.05) is 4.90 Å². The van der Waals surface area contributed by atoms with Gasteiger partial charge >= 0.3 is 0 Å². The quantitative estimate of drug-likeness (QED) is 0.147. The van der Waals surface area contributed by atoms with Gasteiger partial charge in [-0.05, 0) is 131 Å². The van der Waals surface area contributed by atoms with E-state index in [1.165, 1.54) is 103 Å². The van der Waals surface area contributed by atoms with Crippen molar-refractivity contribution in [2.45, 2.75) is 53.9 Å². The Balaban J connectivity index is 1.08. The van der Waals surface area contributed by atoms with Gasteiger partial charge in [0, 0.05) is 37.0 Å². The van der Waals surface area contributed by atoms with Gasteiger partial charge in [-0.3, -0.25) is 0 Å². The van der Waals surface area contributed by atoms with Gasteiger partial charge in [0.15, 0.2) is 0 Å². The lowest BCUT2D eigenvalue weighted by Crippen LogP contribution is -2.30. The second-order valence-corrected chi connectivity index (χ2v) is 24.3. The molecule has 10 aromatic carbocycles. The molecular weight excluding hydrogens is 935 g/mol. The van der Waals surface area contributed by atoms with Crippen LogP contribution < -0.4 is 4.90 Å². The fourth-order valence-electron chi connectivity index (χ4n) is 13.2. The monoisotopic (exact) mass is 997 g/mol. The molecule has 2 heteroatoms. The van der Waals surface area contributed by atoms with Gasteiger partial charge in [0.05, 0.1) is 16.8 Å². The lowest BCUT2D eigenvalue weighted by atomic mass is 9.64. The molecule has 1 nitrogen and oxygen atoms in total. The fourth-order valence-corrected chi connectivity index (χ4v) is 14.4. The molecule has 2 atom stereocenters. The van der Waals surface area contributed by atoms with E-state index in [0.717, 1.165) is 17.1 Å². The minimum absolute atomic E-state index is 0.00212. The van der Waals surface area contributed by atoms with Crippen LogP contribution in [0.25, 0.3) is 69.9 Å². The zero-order chi connectivity index (χ0) is 51.9. The Labute approximate surface area is 453 Å². The van der Waals surface area contributed by atoms with E-state index in [1.54, 1.807) is 0 Å². The molecule has 2 aliphatic carbocycles. The molecule has 1 heterocycles. The van der Waals surface area contributed by atoms with Crippen LogP contribution in [0.1, 0.15) is 76.3 Å². The molecule has 0 N–H and O–H groups in total. The van der Waals surface area contributed by atoms with Gasteiger partial charge in [-0.2, -0.15) is 0 Å². The standard InChI is InChI=1S/C74H63NS/c1-48-61(46-53(72(2,3)4)47-64(48)73(5,6)7)58-35-21-25-50-24-20-34-57(69(50)58)56-30-15-18-38-65(56)75(54-44-42-49(43-45-54)55-33-22-41-68-70(55)60-32-16-19-40-67(60)76-68)66-39-23-37-63-71(66)59-31-14-17-36-62(59)74(63,51-26-10-8-11-27-51)52-28-12-9-13-29-52/h8-48,64H,1-7H3. The van der Waals surface area contributed by atoms with Crippen molar-refractivity contribution in [3.63, 3.8) is 0 Å². The Hall–Kier alpha value is -8.04. The molecule has 0 saturated carbocycles. The molecule has 2 aliphatic rings. The van der Waals surface area contributed by atoms with Gasteiger partial charge in [0.2, 0.25) is 0 Å². The van der Waals surface area contributed by atoms with E-state index in [4.69, 9.17) is 0 Å². The number of hydrogen-bond acceptors (Lipinski definition) is 2. The van der Waals surface area contributed by atoms with Crippen LogP contribution >= 0.6 is 11.3 Å². The van der Waals surface area contributed by atoms with Crippen molar-refractivity contribution >= 4 is 64.9 Å². The summed E-state index contributed by atoms with van der Waals surface area (Å²) in [5.41, 5.74) is 19.5. The minimum Gasteiger partial charge on any atom is -0.309 e. The first-order valence-corrected chi connectivity index (χ1v) is 27.9. The molecule has 0 bridgehead atoms. The van der Waals surface area contributed by atoms with Crippen molar-refractivity contribution < 1.29 is 0 Å². The normalized spacial score (nSPS) is 16.1. The molecule has 0 saturated heterocycles. The van der Waals surface area contributed by atoms with E-state index in [1.807, 2.05) is 11.3 Å². The molecule has 370 valence electrons. The van der Waals surface area contributed by atoms with Crippen molar-refractivity contribution in [1.29, 1.82) is 0 Å². The number of nitrogens with zero attached hydrogens (tertiary/aromatic N) is 1. The van der Waals surface area contributed by atoms with Gasteiger partial charge in [-0.15, -0.1) is 11.3 Å². The predicted octanol–water partition coefficient (Wildman–Crippen LogP) is 21.0. The van der Waals surface area contributed by atoms with Gasteiger partial charge in [-0.25, -0.2) is 0 Å². The zero-order valence-electron chi connectivity index (χ0n) is 44.6. The number of allylic oxidation sites excluding steroid dienone is 4. The number of thiophene rings is 1. The SMILES string of the molecule is CC1C(c2cccc3cccc(-c4ccccc4N(c4ccc(-c5cccc6sc7ccccc7c56)cc4)c4cccc5c4-c4ccccc4C5(c4ccccc4)c4ccccc4)c23)=CC(C(C)(C)C)=CC1C(C)(C)C. The van der Waals surface area contributed by atoms with Crippen LogP contribution in [0.2, 0.25) is 0 Å².